The van der Waals surface area contributed by atoms with E-state index in [2.05, 4.69) is 37.4 Å². The number of carboxylic acids is 1. The molecule has 1 aliphatic rings. The fourth-order valence-corrected chi connectivity index (χ4v) is 3.61. The average molecular weight is 321 g/mol. The molecule has 0 spiro atoms. The first kappa shape index (κ1) is 16.9. The highest BCUT2D eigenvalue weighted by Crippen LogP contribution is 2.35. The van der Waals surface area contributed by atoms with Gasteiger partial charge in [-0.2, -0.15) is 0 Å². The van der Waals surface area contributed by atoms with Gasteiger partial charge in [0.1, 0.15) is 0 Å². The molecule has 0 bridgehead atoms. The summed E-state index contributed by atoms with van der Waals surface area (Å²) in [6, 6.07) is 6.30. The van der Waals surface area contributed by atoms with E-state index in [1.54, 1.807) is 11.8 Å². The van der Waals surface area contributed by atoms with Crippen molar-refractivity contribution >= 4 is 23.6 Å². The zero-order valence-electron chi connectivity index (χ0n) is 13.1. The summed E-state index contributed by atoms with van der Waals surface area (Å²) in [5.74, 6) is -0.181. The molecular weight excluding hydrogens is 298 g/mol. The van der Waals surface area contributed by atoms with E-state index in [1.165, 1.54) is 16.0 Å². The molecule has 1 amide bonds. The van der Waals surface area contributed by atoms with E-state index in [0.717, 1.165) is 19.3 Å². The highest BCUT2D eigenvalue weighted by molar-refractivity contribution is 7.99. The Hall–Kier alpha value is -1.49. The van der Waals surface area contributed by atoms with Crippen molar-refractivity contribution in [3.8, 4) is 0 Å². The predicted molar refractivity (Wildman–Crippen MR) is 88.2 cm³/mol. The fraction of sp³-hybridized carbons (Fsp3) is 0.529. The third-order valence-corrected chi connectivity index (χ3v) is 5.28. The molecule has 22 heavy (non-hydrogen) atoms. The van der Waals surface area contributed by atoms with Gasteiger partial charge in [0.25, 0.3) is 0 Å². The van der Waals surface area contributed by atoms with E-state index < -0.39 is 11.5 Å². The van der Waals surface area contributed by atoms with Crippen molar-refractivity contribution in [2.24, 2.45) is 0 Å². The number of aryl methyl sites for hydroxylation is 2. The molecule has 0 unspecified atom stereocenters. The number of amides is 1. The Morgan fingerprint density at radius 3 is 2.55 bits per heavy atom. The summed E-state index contributed by atoms with van der Waals surface area (Å²) in [7, 11) is 0. The Kier molecular flexibility index (Phi) is 5.51. The Morgan fingerprint density at radius 2 is 2.00 bits per heavy atom. The average Bonchev–Trinajstić information content (AvgIpc) is 2.40. The van der Waals surface area contributed by atoms with Gasteiger partial charge in [0.2, 0.25) is 5.91 Å². The maximum atomic E-state index is 12.0. The van der Waals surface area contributed by atoms with E-state index in [0.29, 0.717) is 12.2 Å². The third-order valence-electron chi connectivity index (χ3n) is 4.28. The molecule has 0 heterocycles. The molecular formula is C17H23NO3S. The Labute approximate surface area is 135 Å². The summed E-state index contributed by atoms with van der Waals surface area (Å²) in [5, 5.41) is 11.9. The van der Waals surface area contributed by atoms with Crippen LogP contribution in [0.5, 0.6) is 0 Å². The number of carbonyl (C=O) groups excluding carboxylic acids is 1. The van der Waals surface area contributed by atoms with Crippen LogP contribution in [0.15, 0.2) is 23.1 Å². The zero-order chi connectivity index (χ0) is 16.2. The van der Waals surface area contributed by atoms with Crippen molar-refractivity contribution in [3.63, 3.8) is 0 Å². The highest BCUT2D eigenvalue weighted by atomic mass is 32.2. The van der Waals surface area contributed by atoms with E-state index in [1.807, 2.05) is 0 Å². The first-order chi connectivity index (χ1) is 10.4. The smallest absolute Gasteiger partial charge is 0.305 e. The first-order valence-corrected chi connectivity index (χ1v) is 8.62. The van der Waals surface area contributed by atoms with Gasteiger partial charge in [-0.05, 0) is 56.4 Å². The SMILES string of the molecule is Cc1ccc(SCCC(=O)NC2(CC(=O)O)CCC2)cc1C. The Morgan fingerprint density at radius 1 is 1.27 bits per heavy atom. The second-order valence-corrected chi connectivity index (χ2v) is 7.27. The minimum absolute atomic E-state index is 0.0308. The Balaban J connectivity index is 1.77. The summed E-state index contributed by atoms with van der Waals surface area (Å²) in [6.45, 7) is 4.16. The van der Waals surface area contributed by atoms with Crippen molar-refractivity contribution in [1.82, 2.24) is 5.32 Å². The summed E-state index contributed by atoms with van der Waals surface area (Å²) >= 11 is 1.66. The standard InChI is InChI=1S/C17H23NO3S/c1-12-4-5-14(10-13(12)2)22-9-6-15(19)18-17(7-3-8-17)11-16(20)21/h4-5,10H,3,6-9,11H2,1-2H3,(H,18,19)(H,20,21). The molecule has 0 aromatic heterocycles. The number of thioether (sulfide) groups is 1. The van der Waals surface area contributed by atoms with E-state index >= 15 is 0 Å². The predicted octanol–water partition coefficient (Wildman–Crippen LogP) is 3.30. The fourth-order valence-electron chi connectivity index (χ4n) is 2.66. The first-order valence-electron chi connectivity index (χ1n) is 7.63. The normalized spacial score (nSPS) is 15.9. The lowest BCUT2D eigenvalue weighted by Gasteiger charge is -2.41. The van der Waals surface area contributed by atoms with Gasteiger partial charge in [-0.25, -0.2) is 0 Å². The maximum absolute atomic E-state index is 12.0. The van der Waals surface area contributed by atoms with Crippen LogP contribution in [-0.2, 0) is 9.59 Å². The minimum atomic E-state index is -0.843. The van der Waals surface area contributed by atoms with Gasteiger partial charge in [0, 0.05) is 17.1 Å². The number of carbonyl (C=O) groups is 2. The van der Waals surface area contributed by atoms with Crippen LogP contribution in [0.2, 0.25) is 0 Å². The number of hydrogen-bond donors (Lipinski definition) is 2. The molecule has 1 aromatic carbocycles. The van der Waals surface area contributed by atoms with Gasteiger partial charge < -0.3 is 10.4 Å². The van der Waals surface area contributed by atoms with Gasteiger partial charge in [0.05, 0.1) is 12.0 Å². The molecule has 0 saturated heterocycles. The van der Waals surface area contributed by atoms with E-state index in [9.17, 15) is 9.59 Å². The van der Waals surface area contributed by atoms with Gasteiger partial charge in [-0.1, -0.05) is 6.07 Å². The molecule has 0 aliphatic heterocycles. The van der Waals surface area contributed by atoms with E-state index in [-0.39, 0.29) is 12.3 Å². The van der Waals surface area contributed by atoms with Gasteiger partial charge >= 0.3 is 5.97 Å². The molecule has 2 rings (SSSR count). The molecule has 5 heteroatoms. The number of nitrogens with one attached hydrogen (secondary N) is 1. The van der Waals surface area contributed by atoms with Crippen LogP contribution in [0, 0.1) is 13.8 Å². The largest absolute Gasteiger partial charge is 0.481 e. The van der Waals surface area contributed by atoms with Crippen molar-refractivity contribution in [2.45, 2.75) is 56.4 Å². The molecule has 1 aromatic rings. The van der Waals surface area contributed by atoms with Crippen molar-refractivity contribution in [2.75, 3.05) is 5.75 Å². The number of benzene rings is 1. The lowest BCUT2D eigenvalue weighted by molar-refractivity contribution is -0.140. The molecule has 1 saturated carbocycles. The topological polar surface area (TPSA) is 66.4 Å². The Bertz CT molecular complexity index is 567. The van der Waals surface area contributed by atoms with Crippen molar-refractivity contribution < 1.29 is 14.7 Å². The van der Waals surface area contributed by atoms with Crippen molar-refractivity contribution in [1.29, 1.82) is 0 Å². The van der Waals surface area contributed by atoms with Crippen LogP contribution in [0.25, 0.3) is 0 Å². The van der Waals surface area contributed by atoms with Crippen LogP contribution in [-0.4, -0.2) is 28.3 Å². The van der Waals surface area contributed by atoms with E-state index in [4.69, 9.17) is 5.11 Å². The molecule has 2 N–H and O–H groups in total. The number of rotatable bonds is 7. The molecule has 0 radical (unpaired) electrons. The summed E-state index contributed by atoms with van der Waals surface area (Å²) in [5.41, 5.74) is 2.03. The maximum Gasteiger partial charge on any atom is 0.305 e. The lowest BCUT2D eigenvalue weighted by atomic mass is 9.74. The number of hydrogen-bond acceptors (Lipinski definition) is 3. The molecule has 1 aliphatic carbocycles. The minimum Gasteiger partial charge on any atom is -0.481 e. The second kappa shape index (κ2) is 7.18. The van der Waals surface area contributed by atoms with Crippen LogP contribution in [0.3, 0.4) is 0 Å². The van der Waals surface area contributed by atoms with Crippen LogP contribution in [0.1, 0.15) is 43.2 Å². The quantitative estimate of drug-likeness (QED) is 0.756. The molecule has 4 nitrogen and oxygen atoms in total. The number of carboxylic acid groups (broad SMARTS) is 1. The van der Waals surface area contributed by atoms with Gasteiger partial charge in [-0.15, -0.1) is 11.8 Å². The van der Waals surface area contributed by atoms with Crippen LogP contribution < -0.4 is 5.32 Å². The molecule has 120 valence electrons. The summed E-state index contributed by atoms with van der Waals surface area (Å²) in [6.07, 6.45) is 2.98. The van der Waals surface area contributed by atoms with Crippen molar-refractivity contribution in [3.05, 3.63) is 29.3 Å². The van der Waals surface area contributed by atoms with Gasteiger partial charge in [-0.3, -0.25) is 9.59 Å². The second-order valence-electron chi connectivity index (χ2n) is 6.10. The zero-order valence-corrected chi connectivity index (χ0v) is 14.0. The van der Waals surface area contributed by atoms with Gasteiger partial charge in [0.15, 0.2) is 0 Å². The lowest BCUT2D eigenvalue weighted by Crippen LogP contribution is -2.54. The number of aliphatic carboxylic acids is 1. The highest BCUT2D eigenvalue weighted by Gasteiger charge is 2.40. The summed E-state index contributed by atoms with van der Waals surface area (Å²) < 4.78 is 0. The monoisotopic (exact) mass is 321 g/mol. The molecule has 1 fully saturated rings. The van der Waals surface area contributed by atoms with Crippen LogP contribution in [0.4, 0.5) is 0 Å². The van der Waals surface area contributed by atoms with Crippen LogP contribution >= 0.6 is 11.8 Å². The third kappa shape index (κ3) is 4.50. The summed E-state index contributed by atoms with van der Waals surface area (Å²) in [4.78, 5) is 24.1. The molecule has 0 atom stereocenters.